The first-order valence-corrected chi connectivity index (χ1v) is 11.6. The third kappa shape index (κ3) is 5.86. The van der Waals surface area contributed by atoms with Gasteiger partial charge in [0.25, 0.3) is 10.1 Å². The number of nitrogens with zero attached hydrogens (tertiary/aromatic N) is 4. The van der Waals surface area contributed by atoms with Crippen LogP contribution in [0.2, 0.25) is 0 Å². The van der Waals surface area contributed by atoms with Gasteiger partial charge in [-0.05, 0) is 18.2 Å². The van der Waals surface area contributed by atoms with Gasteiger partial charge in [-0.15, -0.1) is 4.33 Å². The van der Waals surface area contributed by atoms with Crippen molar-refractivity contribution < 1.29 is 36.0 Å². The number of benzene rings is 1. The van der Waals surface area contributed by atoms with Crippen LogP contribution in [0.25, 0.3) is 0 Å². The second-order valence-electron chi connectivity index (χ2n) is 5.67. The Morgan fingerprint density at radius 3 is 2.60 bits per heavy atom. The predicted molar refractivity (Wildman–Crippen MR) is 103 cm³/mol. The molecule has 1 aromatic carbocycles. The quantitative estimate of drug-likeness (QED) is 0.0982. The van der Waals surface area contributed by atoms with E-state index in [0.717, 1.165) is 12.1 Å². The number of nitrogens with one attached hydrogen (secondary N) is 2. The summed E-state index contributed by atoms with van der Waals surface area (Å²) in [6.07, 6.45) is 0. The van der Waals surface area contributed by atoms with Gasteiger partial charge in [0, 0.05) is 13.1 Å². The third-order valence-electron chi connectivity index (χ3n) is 3.57. The molecule has 0 bridgehead atoms. The van der Waals surface area contributed by atoms with Crippen LogP contribution in [0.1, 0.15) is 0 Å². The Hall–Kier alpha value is -2.32. The second-order valence-corrected chi connectivity index (χ2v) is 9.77. The van der Waals surface area contributed by atoms with Crippen molar-refractivity contribution in [2.75, 3.05) is 35.3 Å². The first-order chi connectivity index (χ1) is 14.1. The summed E-state index contributed by atoms with van der Waals surface area (Å²) in [6, 6.07) is 3.43. The van der Waals surface area contributed by atoms with Gasteiger partial charge in [-0.25, -0.2) is 13.7 Å². The second kappa shape index (κ2) is 8.81. The van der Waals surface area contributed by atoms with Crippen LogP contribution in [-0.4, -0.2) is 64.9 Å². The molecular weight excluding hydrogens is 466 g/mol. The van der Waals surface area contributed by atoms with Crippen molar-refractivity contribution in [1.29, 1.82) is 0 Å². The lowest BCUT2D eigenvalue weighted by molar-refractivity contribution is -0.432. The van der Waals surface area contributed by atoms with Crippen molar-refractivity contribution in [1.82, 2.24) is 19.3 Å². The molecule has 1 aliphatic heterocycles. The summed E-state index contributed by atoms with van der Waals surface area (Å²) in [5.74, 6) is -0.238. The van der Waals surface area contributed by atoms with Crippen LogP contribution in [0.15, 0.2) is 28.0 Å². The van der Waals surface area contributed by atoms with E-state index < -0.39 is 25.0 Å². The van der Waals surface area contributed by atoms with Gasteiger partial charge in [-0.1, -0.05) is 5.04 Å². The molecule has 3 rings (SSSR count). The normalized spacial score (nSPS) is 17.5. The van der Waals surface area contributed by atoms with Gasteiger partial charge in [0.2, 0.25) is 27.9 Å². The van der Waals surface area contributed by atoms with Crippen LogP contribution < -0.4 is 16.4 Å². The molecule has 0 amide bonds. The number of nitrogen functional groups attached to an aromatic ring is 1. The average Bonchev–Trinajstić information content (AvgIpc) is 3.26. The van der Waals surface area contributed by atoms with E-state index in [-0.39, 0.29) is 47.4 Å². The molecular formula is C12H15N7O8S3. The minimum absolute atomic E-state index is 0.00893. The Kier molecular flexibility index (Phi) is 6.57. The predicted octanol–water partition coefficient (Wildman–Crippen LogP) is -0.113. The molecule has 0 saturated carbocycles. The van der Waals surface area contributed by atoms with Crippen LogP contribution in [0.5, 0.6) is 0 Å². The average molecular weight is 481 g/mol. The number of hydrogen-bond acceptors (Lipinski definition) is 14. The zero-order chi connectivity index (χ0) is 21.9. The van der Waals surface area contributed by atoms with E-state index in [2.05, 4.69) is 35.0 Å². The van der Waals surface area contributed by atoms with Crippen LogP contribution in [0.3, 0.4) is 0 Å². The van der Waals surface area contributed by atoms with E-state index in [4.69, 9.17) is 11.0 Å². The molecule has 0 aliphatic carbocycles. The lowest BCUT2D eigenvalue weighted by Crippen LogP contribution is -2.16. The fraction of sp³-hybridized carbons (Fsp3) is 0.250. The maximum Gasteiger partial charge on any atom is 0.294 e. The molecule has 18 heteroatoms. The van der Waals surface area contributed by atoms with Gasteiger partial charge in [0.15, 0.2) is 0 Å². The minimum Gasteiger partial charge on any atom is -0.368 e. The van der Waals surface area contributed by atoms with Gasteiger partial charge in [0.1, 0.15) is 5.88 Å². The van der Waals surface area contributed by atoms with Crippen molar-refractivity contribution in [3.8, 4) is 0 Å². The molecule has 1 saturated heterocycles. The molecule has 2 heterocycles. The molecule has 164 valence electrons. The Morgan fingerprint density at radius 1 is 1.27 bits per heavy atom. The van der Waals surface area contributed by atoms with Gasteiger partial charge >= 0.3 is 0 Å². The maximum absolute atomic E-state index is 11.4. The van der Waals surface area contributed by atoms with E-state index >= 15 is 0 Å². The first kappa shape index (κ1) is 22.4. The van der Waals surface area contributed by atoms with Gasteiger partial charge < -0.3 is 16.4 Å². The smallest absolute Gasteiger partial charge is 0.294 e. The molecule has 1 atom stereocenters. The largest absolute Gasteiger partial charge is 0.368 e. The monoisotopic (exact) mass is 481 g/mol. The van der Waals surface area contributed by atoms with Crippen molar-refractivity contribution in [2.45, 2.75) is 9.79 Å². The Morgan fingerprint density at radius 2 is 1.97 bits per heavy atom. The van der Waals surface area contributed by atoms with Crippen LogP contribution in [0, 0.1) is 0 Å². The zero-order valence-corrected chi connectivity index (χ0v) is 17.2. The number of sulfonamides is 1. The van der Waals surface area contributed by atoms with Crippen molar-refractivity contribution in [3.05, 3.63) is 18.2 Å². The van der Waals surface area contributed by atoms with E-state index in [0.29, 0.717) is 12.0 Å². The standard InChI is InChI=1S/C12H15N7O8S3/c13-10-16-11(14-3-4-19-6-29(19,21)22)18-12(17-10)15-8-5-7(30(23,24)25)1-2-9(8)28-27-26-20/h1-2,5,20H,3-4,6H2,(H,23,24,25)(H4,13,14,15,16,17,18). The summed E-state index contributed by atoms with van der Waals surface area (Å²) >= 11 is 0.526. The Bertz CT molecular complexity index is 1140. The summed E-state index contributed by atoms with van der Waals surface area (Å²) in [7, 11) is -7.62. The highest BCUT2D eigenvalue weighted by atomic mass is 32.2. The fourth-order valence-electron chi connectivity index (χ4n) is 2.19. The lowest BCUT2D eigenvalue weighted by atomic mass is 10.3. The molecule has 0 radical (unpaired) electrons. The van der Waals surface area contributed by atoms with E-state index in [1.54, 1.807) is 0 Å². The number of nitrogens with two attached hydrogens (primary N) is 1. The molecule has 6 N–H and O–H groups in total. The first-order valence-electron chi connectivity index (χ1n) is 7.85. The molecule has 30 heavy (non-hydrogen) atoms. The van der Waals surface area contributed by atoms with E-state index in [1.807, 2.05) is 0 Å². The van der Waals surface area contributed by atoms with Crippen molar-refractivity contribution in [2.24, 2.45) is 0 Å². The number of rotatable bonds is 10. The van der Waals surface area contributed by atoms with Gasteiger partial charge in [-0.3, -0.25) is 4.55 Å². The van der Waals surface area contributed by atoms with Crippen LogP contribution in [0.4, 0.5) is 23.5 Å². The summed E-state index contributed by atoms with van der Waals surface area (Å²) < 4.78 is 60.0. The van der Waals surface area contributed by atoms with Crippen molar-refractivity contribution >= 4 is 55.7 Å². The molecule has 1 aromatic heterocycles. The molecule has 1 aliphatic rings. The van der Waals surface area contributed by atoms with Crippen LogP contribution in [-0.2, 0) is 29.5 Å². The highest BCUT2D eigenvalue weighted by Gasteiger charge is 2.39. The summed E-state index contributed by atoms with van der Waals surface area (Å²) in [6.45, 7) is 0.426. The van der Waals surface area contributed by atoms with E-state index in [1.165, 1.54) is 10.4 Å². The van der Waals surface area contributed by atoms with E-state index in [9.17, 15) is 21.4 Å². The number of anilines is 4. The molecule has 1 fully saturated rings. The highest BCUT2D eigenvalue weighted by molar-refractivity contribution is 7.95. The van der Waals surface area contributed by atoms with Gasteiger partial charge in [-0.2, -0.15) is 27.7 Å². The lowest BCUT2D eigenvalue weighted by Gasteiger charge is -2.12. The van der Waals surface area contributed by atoms with Crippen molar-refractivity contribution in [3.63, 3.8) is 0 Å². The minimum atomic E-state index is -4.51. The molecule has 0 spiro atoms. The SMILES string of the molecule is Nc1nc(NCCN2CS2(=O)=O)nc(Nc2cc(S(=O)(=O)O)ccc2SOOO)n1. The zero-order valence-electron chi connectivity index (χ0n) is 14.8. The maximum atomic E-state index is 11.4. The topological polar surface area (TPSA) is 219 Å². The Balaban J connectivity index is 1.79. The summed E-state index contributed by atoms with van der Waals surface area (Å²) in [5, 5.41) is 17.3. The molecule has 15 nitrogen and oxygen atoms in total. The fourth-order valence-corrected chi connectivity index (χ4v) is 4.20. The summed E-state index contributed by atoms with van der Waals surface area (Å²) in [5.41, 5.74) is 5.72. The summed E-state index contributed by atoms with van der Waals surface area (Å²) in [4.78, 5) is 11.6. The Labute approximate surface area is 174 Å². The number of hydrogen-bond donors (Lipinski definition) is 5. The number of aromatic nitrogens is 3. The highest BCUT2D eigenvalue weighted by Crippen LogP contribution is 2.32. The van der Waals surface area contributed by atoms with Crippen LogP contribution >= 0.6 is 12.0 Å². The molecule has 1 unspecified atom stereocenters. The third-order valence-corrected chi connectivity index (χ3v) is 6.53. The van der Waals surface area contributed by atoms with Gasteiger partial charge in [0.05, 0.1) is 27.5 Å². The molecule has 2 aromatic rings.